The standard InChI is InChI=1S/C8H12N2O4/c1-5-7(13)10(4-3-6(11)12)8(14)9(5)2/h5H,3-4H2,1-2H3,(H,11,12). The van der Waals surface area contributed by atoms with Crippen LogP contribution in [0, 0.1) is 0 Å². The van der Waals surface area contributed by atoms with Crippen LogP contribution in [0.4, 0.5) is 4.79 Å². The van der Waals surface area contributed by atoms with E-state index in [1.54, 1.807) is 6.92 Å². The van der Waals surface area contributed by atoms with Crippen molar-refractivity contribution in [3.63, 3.8) is 0 Å². The average Bonchev–Trinajstić information content (AvgIpc) is 2.29. The zero-order valence-electron chi connectivity index (χ0n) is 8.06. The second-order valence-corrected chi connectivity index (χ2v) is 3.20. The lowest BCUT2D eigenvalue weighted by atomic mass is 10.3. The van der Waals surface area contributed by atoms with Gasteiger partial charge in [-0.3, -0.25) is 14.5 Å². The molecule has 1 N–H and O–H groups in total. The summed E-state index contributed by atoms with van der Waals surface area (Å²) in [5, 5.41) is 8.42. The molecule has 0 saturated carbocycles. The van der Waals surface area contributed by atoms with Gasteiger partial charge in [0, 0.05) is 13.6 Å². The molecule has 6 nitrogen and oxygen atoms in total. The lowest BCUT2D eigenvalue weighted by molar-refractivity contribution is -0.137. The Morgan fingerprint density at radius 1 is 1.50 bits per heavy atom. The Balaban J connectivity index is 2.66. The zero-order valence-corrected chi connectivity index (χ0v) is 8.06. The van der Waals surface area contributed by atoms with Crippen molar-refractivity contribution in [1.82, 2.24) is 9.80 Å². The van der Waals surface area contributed by atoms with Crippen LogP contribution in [0.3, 0.4) is 0 Å². The maximum atomic E-state index is 11.4. The van der Waals surface area contributed by atoms with Crippen LogP contribution >= 0.6 is 0 Å². The highest BCUT2D eigenvalue weighted by atomic mass is 16.4. The van der Waals surface area contributed by atoms with Crippen molar-refractivity contribution in [2.75, 3.05) is 13.6 Å². The van der Waals surface area contributed by atoms with E-state index in [9.17, 15) is 14.4 Å². The van der Waals surface area contributed by atoms with Gasteiger partial charge in [-0.2, -0.15) is 0 Å². The Kier molecular flexibility index (Phi) is 2.73. The molecule has 1 aliphatic heterocycles. The first kappa shape index (κ1) is 10.5. The lowest BCUT2D eigenvalue weighted by Gasteiger charge is -2.12. The summed E-state index contributed by atoms with van der Waals surface area (Å²) in [7, 11) is 1.52. The summed E-state index contributed by atoms with van der Waals surface area (Å²) in [6.45, 7) is 1.56. The summed E-state index contributed by atoms with van der Waals surface area (Å²) in [6.07, 6.45) is -0.210. The SMILES string of the molecule is CC1C(=O)N(CCC(=O)O)C(=O)N1C. The quantitative estimate of drug-likeness (QED) is 0.637. The lowest BCUT2D eigenvalue weighted by Crippen LogP contribution is -2.33. The van der Waals surface area contributed by atoms with Crippen molar-refractivity contribution in [2.45, 2.75) is 19.4 Å². The number of carboxylic acids is 1. The smallest absolute Gasteiger partial charge is 0.327 e. The minimum absolute atomic E-state index is 0.0539. The molecule has 1 rings (SSSR count). The normalized spacial score (nSPS) is 22.0. The second-order valence-electron chi connectivity index (χ2n) is 3.20. The summed E-state index contributed by atoms with van der Waals surface area (Å²) >= 11 is 0. The van der Waals surface area contributed by atoms with Crippen molar-refractivity contribution in [3.8, 4) is 0 Å². The van der Waals surface area contributed by atoms with E-state index in [2.05, 4.69) is 0 Å². The van der Waals surface area contributed by atoms with E-state index in [1.807, 2.05) is 0 Å². The van der Waals surface area contributed by atoms with Crippen LogP contribution in [0.2, 0.25) is 0 Å². The predicted octanol–water partition coefficient (Wildman–Crippen LogP) is -0.256. The van der Waals surface area contributed by atoms with E-state index >= 15 is 0 Å². The van der Waals surface area contributed by atoms with Gasteiger partial charge in [0.05, 0.1) is 6.42 Å². The molecule has 1 unspecified atom stereocenters. The second kappa shape index (κ2) is 3.65. The van der Waals surface area contributed by atoms with Crippen LogP contribution in [0.5, 0.6) is 0 Å². The molecule has 0 spiro atoms. The van der Waals surface area contributed by atoms with Crippen molar-refractivity contribution in [1.29, 1.82) is 0 Å². The number of carboxylic acid groups (broad SMARTS) is 1. The first-order valence-electron chi connectivity index (χ1n) is 4.25. The number of hydrogen-bond acceptors (Lipinski definition) is 3. The van der Waals surface area contributed by atoms with E-state index in [0.29, 0.717) is 0 Å². The van der Waals surface area contributed by atoms with Crippen molar-refractivity contribution >= 4 is 17.9 Å². The van der Waals surface area contributed by atoms with Crippen LogP contribution in [-0.2, 0) is 9.59 Å². The Hall–Kier alpha value is -1.59. The third-order valence-electron chi connectivity index (χ3n) is 2.29. The fourth-order valence-corrected chi connectivity index (χ4v) is 1.25. The van der Waals surface area contributed by atoms with Gasteiger partial charge in [-0.15, -0.1) is 0 Å². The highest BCUT2D eigenvalue weighted by Gasteiger charge is 2.39. The zero-order chi connectivity index (χ0) is 10.9. The van der Waals surface area contributed by atoms with Gasteiger partial charge in [0.15, 0.2) is 0 Å². The van der Waals surface area contributed by atoms with Gasteiger partial charge < -0.3 is 10.0 Å². The number of rotatable bonds is 3. The van der Waals surface area contributed by atoms with Crippen LogP contribution in [0.1, 0.15) is 13.3 Å². The molecule has 0 aromatic carbocycles. The van der Waals surface area contributed by atoms with Crippen molar-refractivity contribution in [2.24, 2.45) is 0 Å². The molecule has 1 fully saturated rings. The summed E-state index contributed by atoms with van der Waals surface area (Å²) in [4.78, 5) is 35.3. The molecule has 1 heterocycles. The van der Waals surface area contributed by atoms with Gasteiger partial charge in [0.25, 0.3) is 5.91 Å². The molecule has 1 aliphatic rings. The summed E-state index contributed by atoms with van der Waals surface area (Å²) in [5.74, 6) is -1.36. The monoisotopic (exact) mass is 200 g/mol. The Bertz CT molecular complexity index is 269. The molecule has 78 valence electrons. The predicted molar refractivity (Wildman–Crippen MR) is 46.6 cm³/mol. The van der Waals surface area contributed by atoms with E-state index in [1.165, 1.54) is 11.9 Å². The summed E-state index contributed by atoms with van der Waals surface area (Å²) in [5.41, 5.74) is 0. The molecule has 0 aromatic heterocycles. The van der Waals surface area contributed by atoms with Gasteiger partial charge in [0.1, 0.15) is 6.04 Å². The number of hydrogen-bond donors (Lipinski definition) is 1. The largest absolute Gasteiger partial charge is 0.481 e. The number of aliphatic carboxylic acids is 1. The van der Waals surface area contributed by atoms with Gasteiger partial charge in [-0.1, -0.05) is 0 Å². The molecule has 1 saturated heterocycles. The molecule has 3 amide bonds. The number of carbonyl (C=O) groups excluding carboxylic acids is 2. The van der Waals surface area contributed by atoms with E-state index in [0.717, 1.165) is 4.90 Å². The molecular formula is C8H12N2O4. The third-order valence-corrected chi connectivity index (χ3v) is 2.29. The molecule has 0 bridgehead atoms. The Morgan fingerprint density at radius 3 is 2.43 bits per heavy atom. The molecule has 0 radical (unpaired) electrons. The number of nitrogens with zero attached hydrogens (tertiary/aromatic N) is 2. The van der Waals surface area contributed by atoms with Crippen LogP contribution in [0.25, 0.3) is 0 Å². The minimum atomic E-state index is -1.02. The van der Waals surface area contributed by atoms with E-state index < -0.39 is 18.0 Å². The fourth-order valence-electron chi connectivity index (χ4n) is 1.25. The number of amides is 3. The molecular weight excluding hydrogens is 188 g/mol. The summed E-state index contributed by atoms with van der Waals surface area (Å²) < 4.78 is 0. The Labute approximate surface area is 81.1 Å². The van der Waals surface area contributed by atoms with E-state index in [4.69, 9.17) is 5.11 Å². The van der Waals surface area contributed by atoms with Gasteiger partial charge >= 0.3 is 12.0 Å². The molecule has 0 aliphatic carbocycles. The first-order valence-corrected chi connectivity index (χ1v) is 4.25. The summed E-state index contributed by atoms with van der Waals surface area (Å²) in [6, 6.07) is -0.917. The maximum absolute atomic E-state index is 11.4. The minimum Gasteiger partial charge on any atom is -0.481 e. The van der Waals surface area contributed by atoms with Gasteiger partial charge in [-0.25, -0.2) is 4.79 Å². The van der Waals surface area contributed by atoms with Crippen molar-refractivity contribution in [3.05, 3.63) is 0 Å². The highest BCUT2D eigenvalue weighted by molar-refractivity contribution is 6.03. The fraction of sp³-hybridized carbons (Fsp3) is 0.625. The number of carbonyl (C=O) groups is 3. The Morgan fingerprint density at radius 2 is 2.07 bits per heavy atom. The number of urea groups is 1. The number of likely N-dealkylation sites (N-methyl/N-ethyl adjacent to an activating group) is 1. The van der Waals surface area contributed by atoms with Crippen LogP contribution in [-0.4, -0.2) is 52.4 Å². The molecule has 0 aromatic rings. The van der Waals surface area contributed by atoms with E-state index in [-0.39, 0.29) is 18.9 Å². The van der Waals surface area contributed by atoms with Gasteiger partial charge in [0.2, 0.25) is 0 Å². The molecule has 1 atom stereocenters. The first-order chi connectivity index (χ1) is 6.45. The van der Waals surface area contributed by atoms with Crippen LogP contribution in [0.15, 0.2) is 0 Å². The average molecular weight is 200 g/mol. The number of imide groups is 1. The van der Waals surface area contributed by atoms with Crippen molar-refractivity contribution < 1.29 is 19.5 Å². The highest BCUT2D eigenvalue weighted by Crippen LogP contribution is 2.14. The third kappa shape index (κ3) is 1.68. The molecule has 14 heavy (non-hydrogen) atoms. The molecule has 6 heteroatoms. The van der Waals surface area contributed by atoms with Crippen LogP contribution < -0.4 is 0 Å². The maximum Gasteiger partial charge on any atom is 0.327 e. The topological polar surface area (TPSA) is 77.9 Å². The van der Waals surface area contributed by atoms with Gasteiger partial charge in [-0.05, 0) is 6.92 Å².